The molecule has 0 bridgehead atoms. The Balaban J connectivity index is 1.70. The Morgan fingerprint density at radius 3 is 2.70 bits per heavy atom. The van der Waals surface area contributed by atoms with Gasteiger partial charge < -0.3 is 14.6 Å². The fraction of sp³-hybridized carbons (Fsp3) is 0.588. The molecule has 1 saturated heterocycles. The molecule has 1 heterocycles. The monoisotopic (exact) mass is 358 g/mol. The van der Waals surface area contributed by atoms with Crippen molar-refractivity contribution in [1.29, 1.82) is 0 Å². The highest BCUT2D eigenvalue weighted by molar-refractivity contribution is 6.42. The summed E-state index contributed by atoms with van der Waals surface area (Å²) in [5, 5.41) is 10.4. The molecule has 0 aromatic heterocycles. The van der Waals surface area contributed by atoms with Gasteiger partial charge in [0.05, 0.1) is 29.2 Å². The minimum atomic E-state index is -0.838. The highest BCUT2D eigenvalue weighted by atomic mass is 35.5. The Kier molecular flexibility index (Phi) is 5.16. The van der Waals surface area contributed by atoms with E-state index in [2.05, 4.69) is 0 Å². The number of carboxylic acids is 1. The maximum atomic E-state index is 11.7. The van der Waals surface area contributed by atoms with Crippen molar-refractivity contribution in [3.8, 4) is 0 Å². The number of carbonyl (C=O) groups is 1. The molecule has 2 aliphatic rings. The van der Waals surface area contributed by atoms with E-state index >= 15 is 0 Å². The zero-order valence-electron chi connectivity index (χ0n) is 12.8. The molecule has 1 N–H and O–H groups in total. The number of hydrogen-bond acceptors (Lipinski definition) is 3. The highest BCUT2D eigenvalue weighted by Crippen LogP contribution is 2.44. The Labute approximate surface area is 145 Å². The van der Waals surface area contributed by atoms with Crippen LogP contribution in [-0.2, 0) is 14.3 Å². The first-order valence-electron chi connectivity index (χ1n) is 7.95. The van der Waals surface area contributed by atoms with E-state index in [-0.39, 0.29) is 5.92 Å². The SMILES string of the molecule is O=C(O)C(CC1CCC2(C1)OCCCO2)c1ccc(Cl)c(Cl)c1. The Morgan fingerprint density at radius 1 is 1.30 bits per heavy atom. The lowest BCUT2D eigenvalue weighted by atomic mass is 9.88. The second kappa shape index (κ2) is 6.98. The summed E-state index contributed by atoms with van der Waals surface area (Å²) in [6.07, 6.45) is 4.00. The molecule has 23 heavy (non-hydrogen) atoms. The van der Waals surface area contributed by atoms with Gasteiger partial charge in [-0.1, -0.05) is 29.3 Å². The van der Waals surface area contributed by atoms with Gasteiger partial charge in [0.1, 0.15) is 0 Å². The van der Waals surface area contributed by atoms with Gasteiger partial charge in [-0.15, -0.1) is 0 Å². The molecule has 0 radical (unpaired) electrons. The minimum absolute atomic E-state index is 0.267. The van der Waals surface area contributed by atoms with Gasteiger partial charge in [-0.25, -0.2) is 0 Å². The van der Waals surface area contributed by atoms with Gasteiger partial charge in [0.2, 0.25) is 0 Å². The Hall–Kier alpha value is -0.810. The molecule has 4 nitrogen and oxygen atoms in total. The van der Waals surface area contributed by atoms with Crippen LogP contribution in [0.5, 0.6) is 0 Å². The first-order valence-corrected chi connectivity index (χ1v) is 8.70. The zero-order valence-corrected chi connectivity index (χ0v) is 14.3. The number of halogens is 2. The summed E-state index contributed by atoms with van der Waals surface area (Å²) in [6.45, 7) is 1.45. The van der Waals surface area contributed by atoms with Crippen LogP contribution in [0.1, 0.15) is 43.6 Å². The van der Waals surface area contributed by atoms with Crippen molar-refractivity contribution in [3.05, 3.63) is 33.8 Å². The smallest absolute Gasteiger partial charge is 0.310 e. The molecule has 2 fully saturated rings. The lowest BCUT2D eigenvalue weighted by Gasteiger charge is -2.34. The van der Waals surface area contributed by atoms with Crippen LogP contribution in [0.15, 0.2) is 18.2 Å². The van der Waals surface area contributed by atoms with Crippen LogP contribution in [0.3, 0.4) is 0 Å². The summed E-state index contributed by atoms with van der Waals surface area (Å²) < 4.78 is 11.7. The molecule has 1 aromatic carbocycles. The van der Waals surface area contributed by atoms with Crippen LogP contribution in [0.4, 0.5) is 0 Å². The van der Waals surface area contributed by atoms with Crippen LogP contribution in [-0.4, -0.2) is 30.1 Å². The summed E-state index contributed by atoms with van der Waals surface area (Å²) in [6, 6.07) is 5.05. The molecular weight excluding hydrogens is 339 g/mol. The molecule has 126 valence electrons. The number of ether oxygens (including phenoxy) is 2. The van der Waals surface area contributed by atoms with E-state index in [9.17, 15) is 9.90 Å². The summed E-state index contributed by atoms with van der Waals surface area (Å²) in [5.74, 6) is -1.64. The van der Waals surface area contributed by atoms with Crippen molar-refractivity contribution in [2.45, 2.75) is 43.8 Å². The average Bonchev–Trinajstić information content (AvgIpc) is 2.91. The molecule has 1 saturated carbocycles. The molecule has 2 atom stereocenters. The topological polar surface area (TPSA) is 55.8 Å². The second-order valence-corrected chi connectivity index (χ2v) is 7.18. The van der Waals surface area contributed by atoms with E-state index < -0.39 is 17.7 Å². The van der Waals surface area contributed by atoms with Gasteiger partial charge in [-0.3, -0.25) is 4.79 Å². The van der Waals surface area contributed by atoms with Crippen molar-refractivity contribution < 1.29 is 19.4 Å². The zero-order chi connectivity index (χ0) is 16.4. The van der Waals surface area contributed by atoms with Gasteiger partial charge in [-0.05, 0) is 42.9 Å². The van der Waals surface area contributed by atoms with Gasteiger partial charge >= 0.3 is 5.97 Å². The fourth-order valence-corrected chi connectivity index (χ4v) is 3.90. The standard InChI is InChI=1S/C17H20Cl2O4/c18-14-3-2-12(9-15(14)19)13(16(20)21)8-11-4-5-17(10-11)22-6-1-7-23-17/h2-3,9,11,13H,1,4-8,10H2,(H,20,21). The van der Waals surface area contributed by atoms with Gasteiger partial charge in [0.25, 0.3) is 0 Å². The lowest BCUT2D eigenvalue weighted by molar-refractivity contribution is -0.263. The molecule has 1 aliphatic heterocycles. The largest absolute Gasteiger partial charge is 0.481 e. The minimum Gasteiger partial charge on any atom is -0.481 e. The van der Waals surface area contributed by atoms with Gasteiger partial charge in [0.15, 0.2) is 5.79 Å². The number of hydrogen-bond donors (Lipinski definition) is 1. The lowest BCUT2D eigenvalue weighted by Crippen LogP contribution is -2.38. The number of aliphatic carboxylic acids is 1. The number of benzene rings is 1. The van der Waals surface area contributed by atoms with Crippen molar-refractivity contribution in [2.75, 3.05) is 13.2 Å². The maximum absolute atomic E-state index is 11.7. The van der Waals surface area contributed by atoms with Crippen LogP contribution in [0, 0.1) is 5.92 Å². The van der Waals surface area contributed by atoms with Crippen LogP contribution in [0.2, 0.25) is 10.0 Å². The van der Waals surface area contributed by atoms with E-state index in [0.717, 1.165) is 38.9 Å². The first kappa shape index (κ1) is 17.0. The molecule has 2 unspecified atom stereocenters. The first-order chi connectivity index (χ1) is 11.0. The average molecular weight is 359 g/mol. The Bertz CT molecular complexity index is 584. The quantitative estimate of drug-likeness (QED) is 0.861. The molecule has 1 spiro atoms. The molecule has 0 amide bonds. The normalized spacial score (nSPS) is 24.7. The second-order valence-electron chi connectivity index (χ2n) is 6.37. The summed E-state index contributed by atoms with van der Waals surface area (Å²) >= 11 is 12.0. The highest BCUT2D eigenvalue weighted by Gasteiger charge is 2.43. The maximum Gasteiger partial charge on any atom is 0.310 e. The van der Waals surface area contributed by atoms with Crippen LogP contribution < -0.4 is 0 Å². The van der Waals surface area contributed by atoms with Crippen molar-refractivity contribution in [3.63, 3.8) is 0 Å². The number of carboxylic acid groups (broad SMARTS) is 1. The molecule has 6 heteroatoms. The van der Waals surface area contributed by atoms with E-state index in [1.165, 1.54) is 0 Å². The molecule has 3 rings (SSSR count). The summed E-state index contributed by atoms with van der Waals surface area (Å²) in [5.41, 5.74) is 0.693. The van der Waals surface area contributed by atoms with E-state index in [1.807, 2.05) is 0 Å². The molecule has 1 aromatic rings. The summed E-state index contributed by atoms with van der Waals surface area (Å²) in [4.78, 5) is 11.7. The van der Waals surface area contributed by atoms with Gasteiger partial charge in [-0.2, -0.15) is 0 Å². The summed E-state index contributed by atoms with van der Waals surface area (Å²) in [7, 11) is 0. The van der Waals surface area contributed by atoms with E-state index in [0.29, 0.717) is 22.0 Å². The fourth-order valence-electron chi connectivity index (χ4n) is 3.59. The van der Waals surface area contributed by atoms with Crippen molar-refractivity contribution in [1.82, 2.24) is 0 Å². The van der Waals surface area contributed by atoms with E-state index in [4.69, 9.17) is 32.7 Å². The predicted molar refractivity (Wildman–Crippen MR) is 88.0 cm³/mol. The van der Waals surface area contributed by atoms with Crippen LogP contribution >= 0.6 is 23.2 Å². The van der Waals surface area contributed by atoms with Crippen molar-refractivity contribution in [2.24, 2.45) is 5.92 Å². The van der Waals surface area contributed by atoms with Crippen LogP contribution in [0.25, 0.3) is 0 Å². The molecule has 1 aliphatic carbocycles. The number of rotatable bonds is 4. The third-order valence-corrected chi connectivity index (χ3v) is 5.50. The molecular formula is C17H20Cl2O4. The van der Waals surface area contributed by atoms with Gasteiger partial charge in [0, 0.05) is 12.8 Å². The third kappa shape index (κ3) is 3.82. The third-order valence-electron chi connectivity index (χ3n) is 4.77. The van der Waals surface area contributed by atoms with E-state index in [1.54, 1.807) is 18.2 Å². The Morgan fingerprint density at radius 2 is 2.04 bits per heavy atom. The predicted octanol–water partition coefficient (Wildman–Crippen LogP) is 4.49. The van der Waals surface area contributed by atoms with Crippen molar-refractivity contribution >= 4 is 29.2 Å².